The highest BCUT2D eigenvalue weighted by Crippen LogP contribution is 2.46. The lowest BCUT2D eigenvalue weighted by atomic mass is 9.96. The number of rotatable bonds is 3. The van der Waals surface area contributed by atoms with Crippen LogP contribution in [0.15, 0.2) is 29.2 Å². The van der Waals surface area contributed by atoms with Gasteiger partial charge in [-0.3, -0.25) is 4.90 Å². The summed E-state index contributed by atoms with van der Waals surface area (Å²) in [6.07, 6.45) is 3.42. The van der Waals surface area contributed by atoms with Gasteiger partial charge in [-0.05, 0) is 61.2 Å². The van der Waals surface area contributed by atoms with Crippen LogP contribution in [0.25, 0.3) is 11.1 Å². The van der Waals surface area contributed by atoms with E-state index in [2.05, 4.69) is 11.0 Å². The molecule has 0 bridgehead atoms. The van der Waals surface area contributed by atoms with E-state index in [9.17, 15) is 18.8 Å². The molecule has 29 heavy (non-hydrogen) atoms. The van der Waals surface area contributed by atoms with Crippen molar-refractivity contribution in [2.45, 2.75) is 30.2 Å². The van der Waals surface area contributed by atoms with E-state index in [0.29, 0.717) is 27.6 Å². The maximum Gasteiger partial charge on any atom is 0.175 e. The van der Waals surface area contributed by atoms with Crippen LogP contribution >= 0.6 is 23.2 Å². The molecule has 1 aliphatic heterocycles. The molecule has 1 heterocycles. The van der Waals surface area contributed by atoms with E-state index in [1.54, 1.807) is 6.07 Å². The van der Waals surface area contributed by atoms with Crippen LogP contribution in [0.2, 0.25) is 10.0 Å². The zero-order valence-corrected chi connectivity index (χ0v) is 18.2. The number of halogens is 2. The van der Waals surface area contributed by atoms with Crippen molar-refractivity contribution >= 4 is 33.0 Å². The molecule has 1 saturated heterocycles. The van der Waals surface area contributed by atoms with Crippen LogP contribution in [-0.2, 0) is 22.7 Å². The molecule has 0 saturated carbocycles. The predicted molar refractivity (Wildman–Crippen MR) is 113 cm³/mol. The molecule has 0 amide bonds. The molecule has 4 rings (SSSR count). The molecule has 2 atom stereocenters. The molecule has 2 aliphatic rings. The molecule has 2 aromatic carbocycles. The third-order valence-electron chi connectivity index (χ3n) is 5.91. The number of nitriles is 1. The summed E-state index contributed by atoms with van der Waals surface area (Å²) < 4.78 is 24.0. The second-order valence-electron chi connectivity index (χ2n) is 7.80. The molecule has 1 unspecified atom stereocenters. The Bertz CT molecular complexity index is 1140. The van der Waals surface area contributed by atoms with E-state index in [4.69, 9.17) is 23.2 Å². The number of hydrogen-bond acceptors (Lipinski definition) is 5. The maximum atomic E-state index is 12.0. The van der Waals surface area contributed by atoms with E-state index >= 15 is 0 Å². The molecular weight excluding hydrogens is 431 g/mol. The minimum Gasteiger partial charge on any atom is -0.507 e. The Morgan fingerprint density at radius 2 is 1.90 bits per heavy atom. The number of aromatic hydroxyl groups is 1. The van der Waals surface area contributed by atoms with Gasteiger partial charge >= 0.3 is 0 Å². The Morgan fingerprint density at radius 1 is 1.17 bits per heavy atom. The number of sulfone groups is 1. The smallest absolute Gasteiger partial charge is 0.175 e. The van der Waals surface area contributed by atoms with Gasteiger partial charge in [0.05, 0.1) is 21.9 Å². The highest BCUT2D eigenvalue weighted by molar-refractivity contribution is 7.90. The monoisotopic (exact) mass is 450 g/mol. The number of benzene rings is 2. The van der Waals surface area contributed by atoms with Gasteiger partial charge in [-0.1, -0.05) is 23.2 Å². The zero-order valence-electron chi connectivity index (χ0n) is 15.8. The van der Waals surface area contributed by atoms with E-state index in [1.165, 1.54) is 18.2 Å². The van der Waals surface area contributed by atoms with Gasteiger partial charge in [-0.25, -0.2) is 8.42 Å². The lowest BCUT2D eigenvalue weighted by Crippen LogP contribution is -2.33. The van der Waals surface area contributed by atoms with Crippen LogP contribution in [0.5, 0.6) is 5.75 Å². The average molecular weight is 451 g/mol. The highest BCUT2D eigenvalue weighted by Gasteiger charge is 2.35. The van der Waals surface area contributed by atoms with Crippen molar-refractivity contribution in [2.24, 2.45) is 5.92 Å². The second-order valence-corrected chi connectivity index (χ2v) is 10.6. The molecule has 8 heteroatoms. The molecule has 0 radical (unpaired) electrons. The first kappa shape index (κ1) is 20.5. The van der Waals surface area contributed by atoms with Gasteiger partial charge in [0, 0.05) is 35.0 Å². The molecule has 0 aromatic heterocycles. The minimum atomic E-state index is -3.44. The summed E-state index contributed by atoms with van der Waals surface area (Å²) >= 11 is 13.0. The van der Waals surface area contributed by atoms with Crippen molar-refractivity contribution in [3.8, 4) is 22.9 Å². The lowest BCUT2D eigenvalue weighted by Gasteiger charge is -2.23. The summed E-state index contributed by atoms with van der Waals surface area (Å²) in [5.41, 5.74) is 2.94. The summed E-state index contributed by atoms with van der Waals surface area (Å²) in [6.45, 7) is 1.61. The quantitative estimate of drug-likeness (QED) is 0.761. The number of phenolic OH excluding ortho intramolecular Hbond substituents is 1. The van der Waals surface area contributed by atoms with Crippen LogP contribution in [0, 0.1) is 17.2 Å². The minimum absolute atomic E-state index is 0.0296. The molecular formula is C21H20Cl2N2O3S. The first-order valence-electron chi connectivity index (χ1n) is 9.36. The van der Waals surface area contributed by atoms with E-state index in [0.717, 1.165) is 43.3 Å². The summed E-state index contributed by atoms with van der Waals surface area (Å²) in [5.74, 6) is 0.0192. The zero-order chi connectivity index (χ0) is 20.9. The van der Waals surface area contributed by atoms with Crippen LogP contribution in [0.3, 0.4) is 0 Å². The van der Waals surface area contributed by atoms with Crippen molar-refractivity contribution in [2.75, 3.05) is 19.3 Å². The Labute approximate surface area is 180 Å². The Kier molecular flexibility index (Phi) is 5.28. The molecule has 1 aliphatic carbocycles. The SMILES string of the molecule is CS(=O)(=O)c1ccc(O)c(-c2c(Cl)cc(Cl)c3c2CC(N2CC[C@@H](C#N)C2)C3)c1. The fraction of sp³-hybridized carbons (Fsp3) is 0.381. The number of hydrogen-bond donors (Lipinski definition) is 1. The molecule has 2 aromatic rings. The van der Waals surface area contributed by atoms with Crippen LogP contribution in [0.1, 0.15) is 17.5 Å². The second kappa shape index (κ2) is 7.48. The standard InChI is InChI=1S/C21H20Cl2N2O3S/c1-29(27,28)14-2-3-20(26)17(8-14)21-16-7-13(25-5-4-12(10-24)11-25)6-15(16)18(22)9-19(21)23/h2-3,8-9,12-13,26H,4-7,11H2,1H3/t12-,13?/m0/s1. The average Bonchev–Trinajstić information content (AvgIpc) is 3.29. The summed E-state index contributed by atoms with van der Waals surface area (Å²) in [7, 11) is -3.44. The van der Waals surface area contributed by atoms with Gasteiger partial charge in [0.2, 0.25) is 0 Å². The third-order valence-corrected chi connectivity index (χ3v) is 7.66. The van der Waals surface area contributed by atoms with Crippen molar-refractivity contribution in [3.63, 3.8) is 0 Å². The third kappa shape index (κ3) is 3.73. The topological polar surface area (TPSA) is 81.4 Å². The Balaban J connectivity index is 1.80. The fourth-order valence-corrected chi connectivity index (χ4v) is 5.75. The van der Waals surface area contributed by atoms with E-state index < -0.39 is 9.84 Å². The van der Waals surface area contributed by atoms with Crippen molar-refractivity contribution in [3.05, 3.63) is 45.4 Å². The van der Waals surface area contributed by atoms with Crippen LogP contribution < -0.4 is 0 Å². The first-order chi connectivity index (χ1) is 13.7. The largest absolute Gasteiger partial charge is 0.507 e. The Hall–Kier alpha value is -1.78. The lowest BCUT2D eigenvalue weighted by molar-refractivity contribution is 0.246. The number of phenols is 1. The molecule has 0 spiro atoms. The van der Waals surface area contributed by atoms with E-state index in [1.807, 2.05) is 0 Å². The van der Waals surface area contributed by atoms with Gasteiger partial charge in [0.15, 0.2) is 9.84 Å². The number of nitrogens with zero attached hydrogens (tertiary/aromatic N) is 2. The number of fused-ring (bicyclic) bond motifs is 1. The number of likely N-dealkylation sites (tertiary alicyclic amines) is 1. The van der Waals surface area contributed by atoms with Crippen LogP contribution in [-0.4, -0.2) is 43.8 Å². The van der Waals surface area contributed by atoms with Gasteiger partial charge in [-0.2, -0.15) is 5.26 Å². The maximum absolute atomic E-state index is 12.0. The molecule has 5 nitrogen and oxygen atoms in total. The predicted octanol–water partition coefficient (Wildman–Crippen LogP) is 4.08. The van der Waals surface area contributed by atoms with Crippen LogP contribution in [0.4, 0.5) is 0 Å². The van der Waals surface area contributed by atoms with Gasteiger partial charge in [-0.15, -0.1) is 0 Å². The summed E-state index contributed by atoms with van der Waals surface area (Å²) in [4.78, 5) is 2.44. The highest BCUT2D eigenvalue weighted by atomic mass is 35.5. The Morgan fingerprint density at radius 3 is 2.55 bits per heavy atom. The molecule has 1 fully saturated rings. The normalized spacial score (nSPS) is 21.9. The summed E-state index contributed by atoms with van der Waals surface area (Å²) in [5, 5.41) is 20.7. The van der Waals surface area contributed by atoms with Crippen molar-refractivity contribution < 1.29 is 13.5 Å². The van der Waals surface area contributed by atoms with Crippen molar-refractivity contribution in [1.82, 2.24) is 4.90 Å². The fourth-order valence-electron chi connectivity index (χ4n) is 4.42. The summed E-state index contributed by atoms with van der Waals surface area (Å²) in [6, 6.07) is 8.44. The van der Waals surface area contributed by atoms with Gasteiger partial charge in [0.1, 0.15) is 5.75 Å². The van der Waals surface area contributed by atoms with E-state index in [-0.39, 0.29) is 22.6 Å². The molecule has 152 valence electrons. The van der Waals surface area contributed by atoms with Crippen molar-refractivity contribution in [1.29, 1.82) is 5.26 Å². The molecule has 1 N–H and O–H groups in total. The first-order valence-corrected chi connectivity index (χ1v) is 12.0. The van der Waals surface area contributed by atoms with Gasteiger partial charge < -0.3 is 5.11 Å². The van der Waals surface area contributed by atoms with Gasteiger partial charge in [0.25, 0.3) is 0 Å².